The second-order valence-electron chi connectivity index (χ2n) is 7.73. The Balaban J connectivity index is 1.48. The number of para-hydroxylation sites is 2. The first-order valence-corrected chi connectivity index (χ1v) is 11.4. The van der Waals surface area contributed by atoms with E-state index in [-0.39, 0.29) is 18.4 Å². The molecule has 0 spiro atoms. The molecule has 0 bridgehead atoms. The van der Waals surface area contributed by atoms with E-state index in [0.717, 1.165) is 31.6 Å². The van der Waals surface area contributed by atoms with Crippen molar-refractivity contribution in [2.24, 2.45) is 0 Å². The van der Waals surface area contributed by atoms with E-state index in [9.17, 15) is 9.59 Å². The minimum Gasteiger partial charge on any atom is -0.489 e. The van der Waals surface area contributed by atoms with E-state index in [2.05, 4.69) is 10.6 Å². The molecule has 2 N–H and O–H groups in total. The topological polar surface area (TPSA) is 79.9 Å². The van der Waals surface area contributed by atoms with Crippen molar-refractivity contribution in [2.45, 2.75) is 32.6 Å². The Bertz CT molecular complexity index is 862. The molecule has 0 atom stereocenters. The fourth-order valence-corrected chi connectivity index (χ4v) is 3.61. The smallest absolute Gasteiger partial charge is 0.253 e. The molecule has 7 nitrogen and oxygen atoms in total. The molecule has 7 heteroatoms. The standard InChI is InChI=1S/C25H33N3O4/c1-2-31-17-18-32-23-10-6-5-9-22(23)27-24(29)19-26-21-13-11-20(12-14-21)25(30)28-15-7-3-4-8-16-28/h5-6,9-14,26H,2-4,7-8,15-19H2,1H3,(H,27,29). The van der Waals surface area contributed by atoms with E-state index in [1.807, 2.05) is 54.3 Å². The highest BCUT2D eigenvalue weighted by Gasteiger charge is 2.17. The first kappa shape index (κ1) is 23.6. The molecular formula is C25H33N3O4. The molecule has 1 saturated heterocycles. The van der Waals surface area contributed by atoms with Gasteiger partial charge in [0.2, 0.25) is 5.91 Å². The number of carbonyl (C=O) groups excluding carboxylic acids is 2. The summed E-state index contributed by atoms with van der Waals surface area (Å²) in [5.41, 5.74) is 2.09. The second-order valence-corrected chi connectivity index (χ2v) is 7.73. The monoisotopic (exact) mass is 439 g/mol. The summed E-state index contributed by atoms with van der Waals surface area (Å²) in [5.74, 6) is 0.504. The number of carbonyl (C=O) groups is 2. The number of nitrogens with one attached hydrogen (secondary N) is 2. The van der Waals surface area contributed by atoms with Crippen molar-refractivity contribution >= 4 is 23.2 Å². The predicted octanol–water partition coefficient (Wildman–Crippen LogP) is 4.17. The molecule has 0 saturated carbocycles. The lowest BCUT2D eigenvalue weighted by atomic mass is 10.1. The Hall–Kier alpha value is -3.06. The molecular weight excluding hydrogens is 406 g/mol. The number of rotatable bonds is 10. The van der Waals surface area contributed by atoms with Gasteiger partial charge in [0.05, 0.1) is 18.8 Å². The summed E-state index contributed by atoms with van der Waals surface area (Å²) < 4.78 is 11.0. The van der Waals surface area contributed by atoms with Gasteiger partial charge in [-0.15, -0.1) is 0 Å². The minimum atomic E-state index is -0.185. The van der Waals surface area contributed by atoms with Crippen LogP contribution in [0, 0.1) is 0 Å². The molecule has 0 aliphatic carbocycles. The lowest BCUT2D eigenvalue weighted by Gasteiger charge is -2.20. The van der Waals surface area contributed by atoms with Gasteiger partial charge in [0.1, 0.15) is 12.4 Å². The van der Waals surface area contributed by atoms with Crippen molar-refractivity contribution in [3.8, 4) is 5.75 Å². The van der Waals surface area contributed by atoms with E-state index in [1.54, 1.807) is 6.07 Å². The maximum absolute atomic E-state index is 12.7. The van der Waals surface area contributed by atoms with Gasteiger partial charge in [0.15, 0.2) is 0 Å². The van der Waals surface area contributed by atoms with Crippen LogP contribution in [0.5, 0.6) is 5.75 Å². The number of anilines is 2. The van der Waals surface area contributed by atoms with Gasteiger partial charge >= 0.3 is 0 Å². The summed E-state index contributed by atoms with van der Waals surface area (Å²) in [6.45, 7) is 5.25. The van der Waals surface area contributed by atoms with Crippen LogP contribution in [0.4, 0.5) is 11.4 Å². The average molecular weight is 440 g/mol. The number of nitrogens with zero attached hydrogens (tertiary/aromatic N) is 1. The first-order valence-electron chi connectivity index (χ1n) is 11.4. The van der Waals surface area contributed by atoms with E-state index in [4.69, 9.17) is 9.47 Å². The summed E-state index contributed by atoms with van der Waals surface area (Å²) in [7, 11) is 0. The van der Waals surface area contributed by atoms with Crippen molar-refractivity contribution in [2.75, 3.05) is 50.1 Å². The number of amides is 2. The van der Waals surface area contributed by atoms with Crippen LogP contribution >= 0.6 is 0 Å². The molecule has 1 aliphatic rings. The van der Waals surface area contributed by atoms with Gasteiger partial charge in [-0.1, -0.05) is 25.0 Å². The normalized spacial score (nSPS) is 13.8. The SMILES string of the molecule is CCOCCOc1ccccc1NC(=O)CNc1ccc(C(=O)N2CCCCCC2)cc1. The number of likely N-dealkylation sites (tertiary alicyclic amines) is 1. The Labute approximate surface area is 190 Å². The highest BCUT2D eigenvalue weighted by molar-refractivity contribution is 5.96. The summed E-state index contributed by atoms with van der Waals surface area (Å²) in [6, 6.07) is 14.6. The number of hydrogen-bond acceptors (Lipinski definition) is 5. The van der Waals surface area contributed by atoms with Crippen LogP contribution in [-0.2, 0) is 9.53 Å². The Morgan fingerprint density at radius 2 is 1.66 bits per heavy atom. The maximum atomic E-state index is 12.7. The molecule has 0 aromatic heterocycles. The average Bonchev–Trinajstić information content (AvgIpc) is 3.11. The van der Waals surface area contributed by atoms with Gasteiger partial charge < -0.3 is 25.0 Å². The Morgan fingerprint density at radius 1 is 0.938 bits per heavy atom. The molecule has 3 rings (SSSR count). The molecule has 1 fully saturated rings. The summed E-state index contributed by atoms with van der Waals surface area (Å²) >= 11 is 0. The van der Waals surface area contributed by atoms with Crippen molar-refractivity contribution in [3.05, 3.63) is 54.1 Å². The zero-order chi connectivity index (χ0) is 22.6. The minimum absolute atomic E-state index is 0.0807. The highest BCUT2D eigenvalue weighted by atomic mass is 16.5. The molecule has 2 amide bonds. The van der Waals surface area contributed by atoms with Crippen molar-refractivity contribution in [1.82, 2.24) is 4.90 Å². The lowest BCUT2D eigenvalue weighted by Crippen LogP contribution is -2.31. The fraction of sp³-hybridized carbons (Fsp3) is 0.440. The number of benzene rings is 2. The predicted molar refractivity (Wildman–Crippen MR) is 126 cm³/mol. The number of ether oxygens (including phenoxy) is 2. The van der Waals surface area contributed by atoms with Gasteiger partial charge in [0, 0.05) is 30.9 Å². The zero-order valence-corrected chi connectivity index (χ0v) is 18.8. The Kier molecular flexibility index (Phi) is 9.37. The third-order valence-electron chi connectivity index (χ3n) is 5.33. The van der Waals surface area contributed by atoms with Crippen LogP contribution in [0.25, 0.3) is 0 Å². The van der Waals surface area contributed by atoms with E-state index < -0.39 is 0 Å². The van der Waals surface area contributed by atoms with Crippen molar-refractivity contribution in [1.29, 1.82) is 0 Å². The van der Waals surface area contributed by atoms with Crippen LogP contribution in [0.1, 0.15) is 43.0 Å². The fourth-order valence-electron chi connectivity index (χ4n) is 3.61. The van der Waals surface area contributed by atoms with Crippen molar-refractivity contribution < 1.29 is 19.1 Å². The largest absolute Gasteiger partial charge is 0.489 e. The van der Waals surface area contributed by atoms with E-state index in [1.165, 1.54) is 12.8 Å². The van der Waals surface area contributed by atoms with Gasteiger partial charge in [0.25, 0.3) is 5.91 Å². The molecule has 2 aromatic rings. The molecule has 0 unspecified atom stereocenters. The van der Waals surface area contributed by atoms with Crippen LogP contribution in [-0.4, -0.2) is 56.2 Å². The maximum Gasteiger partial charge on any atom is 0.253 e. The highest BCUT2D eigenvalue weighted by Crippen LogP contribution is 2.23. The van der Waals surface area contributed by atoms with E-state index in [0.29, 0.717) is 36.8 Å². The van der Waals surface area contributed by atoms with Gasteiger partial charge in [-0.25, -0.2) is 0 Å². The van der Waals surface area contributed by atoms with Gasteiger partial charge in [-0.2, -0.15) is 0 Å². The van der Waals surface area contributed by atoms with E-state index >= 15 is 0 Å². The molecule has 32 heavy (non-hydrogen) atoms. The van der Waals surface area contributed by atoms with Crippen LogP contribution < -0.4 is 15.4 Å². The molecule has 0 radical (unpaired) electrons. The van der Waals surface area contributed by atoms with Crippen LogP contribution in [0.3, 0.4) is 0 Å². The van der Waals surface area contributed by atoms with Crippen molar-refractivity contribution in [3.63, 3.8) is 0 Å². The van der Waals surface area contributed by atoms with Gasteiger partial charge in [-0.3, -0.25) is 9.59 Å². The molecule has 1 aliphatic heterocycles. The molecule has 2 aromatic carbocycles. The third-order valence-corrected chi connectivity index (χ3v) is 5.33. The second kappa shape index (κ2) is 12.7. The lowest BCUT2D eigenvalue weighted by molar-refractivity contribution is -0.114. The Morgan fingerprint density at radius 3 is 2.38 bits per heavy atom. The number of hydrogen-bond donors (Lipinski definition) is 2. The van der Waals surface area contributed by atoms with Gasteiger partial charge in [-0.05, 0) is 56.2 Å². The first-order chi connectivity index (χ1) is 15.7. The zero-order valence-electron chi connectivity index (χ0n) is 18.8. The third kappa shape index (κ3) is 7.27. The summed E-state index contributed by atoms with van der Waals surface area (Å²) in [6.07, 6.45) is 4.53. The quantitative estimate of drug-likeness (QED) is 0.543. The molecule has 1 heterocycles. The van der Waals surface area contributed by atoms with Crippen LogP contribution in [0.2, 0.25) is 0 Å². The summed E-state index contributed by atoms with van der Waals surface area (Å²) in [5, 5.41) is 5.97. The summed E-state index contributed by atoms with van der Waals surface area (Å²) in [4.78, 5) is 27.1. The van der Waals surface area contributed by atoms with Crippen LogP contribution in [0.15, 0.2) is 48.5 Å². The molecule has 172 valence electrons.